The van der Waals surface area contributed by atoms with Crippen LogP contribution in [0.1, 0.15) is 17.3 Å². The number of hydrogen-bond donors (Lipinski definition) is 2. The van der Waals surface area contributed by atoms with E-state index in [9.17, 15) is 17.6 Å². The van der Waals surface area contributed by atoms with Crippen molar-refractivity contribution in [2.75, 3.05) is 12.4 Å². The second-order valence-electron chi connectivity index (χ2n) is 7.20. The van der Waals surface area contributed by atoms with Crippen LogP contribution in [0.25, 0.3) is 11.1 Å². The number of aryl methyl sites for hydroxylation is 1. The lowest BCUT2D eigenvalue weighted by Gasteiger charge is -2.35. The number of nitrogens with one attached hydrogen (secondary N) is 2. The van der Waals surface area contributed by atoms with Crippen LogP contribution in [-0.4, -0.2) is 41.5 Å². The molecule has 1 fully saturated rings. The third-order valence-corrected chi connectivity index (χ3v) is 7.99. The highest BCUT2D eigenvalue weighted by Crippen LogP contribution is 2.35. The van der Waals surface area contributed by atoms with Gasteiger partial charge in [-0.1, -0.05) is 11.6 Å². The van der Waals surface area contributed by atoms with Gasteiger partial charge in [0.25, 0.3) is 10.2 Å². The van der Waals surface area contributed by atoms with Crippen molar-refractivity contribution in [2.24, 2.45) is 7.05 Å². The van der Waals surface area contributed by atoms with E-state index in [-0.39, 0.29) is 17.1 Å². The molecule has 0 spiro atoms. The van der Waals surface area contributed by atoms with Crippen molar-refractivity contribution in [3.05, 3.63) is 57.8 Å². The molecule has 2 atom stereocenters. The minimum Gasteiger partial charge on any atom is -0.325 e. The second-order valence-corrected chi connectivity index (χ2v) is 10.3. The zero-order valence-electron chi connectivity index (χ0n) is 16.5. The van der Waals surface area contributed by atoms with Gasteiger partial charge in [-0.3, -0.25) is 9.48 Å². The van der Waals surface area contributed by atoms with Crippen LogP contribution in [-0.2, 0) is 22.1 Å². The molecule has 3 aromatic rings. The Balaban J connectivity index is 1.57. The summed E-state index contributed by atoms with van der Waals surface area (Å²) < 4.78 is 44.0. The predicted octanol–water partition coefficient (Wildman–Crippen LogP) is 3.16. The number of halogens is 2. The largest absolute Gasteiger partial charge is 0.325 e. The number of nitrogens with zero attached hydrogens (tertiary/aromatic N) is 3. The highest BCUT2D eigenvalue weighted by atomic mass is 35.5. The van der Waals surface area contributed by atoms with Crippen LogP contribution in [0.15, 0.2) is 42.0 Å². The number of amides is 1. The van der Waals surface area contributed by atoms with Gasteiger partial charge < -0.3 is 5.32 Å². The molecule has 164 valence electrons. The number of likely N-dealkylation sites (N-methyl/N-ethyl adjacent to an activating group) is 1. The van der Waals surface area contributed by atoms with Crippen LogP contribution in [0.3, 0.4) is 0 Å². The van der Waals surface area contributed by atoms with E-state index >= 15 is 0 Å². The quantitative estimate of drug-likeness (QED) is 0.595. The zero-order valence-corrected chi connectivity index (χ0v) is 18.9. The fraction of sp³-hybridized carbons (Fsp3) is 0.263. The summed E-state index contributed by atoms with van der Waals surface area (Å²) in [7, 11) is -0.723. The number of anilines is 1. The Bertz CT molecular complexity index is 1240. The van der Waals surface area contributed by atoms with Gasteiger partial charge in [0.2, 0.25) is 5.91 Å². The van der Waals surface area contributed by atoms with Crippen LogP contribution >= 0.6 is 22.9 Å². The SMILES string of the molecule is CN1[C@@H](C(=O)Nc2ccc(F)c(Cl)c2)C[C@@H](c2cc(-c3cnn(C)c3)cs2)NS1(=O)=O. The van der Waals surface area contributed by atoms with Gasteiger partial charge in [-0.25, -0.2) is 4.39 Å². The van der Waals surface area contributed by atoms with E-state index in [0.29, 0.717) is 0 Å². The summed E-state index contributed by atoms with van der Waals surface area (Å²) in [5.41, 5.74) is 2.13. The maximum absolute atomic E-state index is 13.4. The Hall–Kier alpha value is -2.31. The van der Waals surface area contributed by atoms with E-state index in [2.05, 4.69) is 15.1 Å². The fourth-order valence-electron chi connectivity index (χ4n) is 3.35. The normalized spacial score (nSPS) is 21.2. The lowest BCUT2D eigenvalue weighted by molar-refractivity contribution is -0.120. The molecule has 0 radical (unpaired) electrons. The number of carbonyl (C=O) groups excluding carboxylic acids is 1. The maximum Gasteiger partial charge on any atom is 0.280 e. The lowest BCUT2D eigenvalue weighted by atomic mass is 10.0. The minimum atomic E-state index is -3.88. The highest BCUT2D eigenvalue weighted by Gasteiger charge is 2.41. The molecular weight excluding hydrogens is 465 g/mol. The summed E-state index contributed by atoms with van der Waals surface area (Å²) in [5.74, 6) is -1.13. The number of aromatic nitrogens is 2. The molecule has 8 nitrogen and oxygen atoms in total. The first kappa shape index (κ1) is 21.9. The summed E-state index contributed by atoms with van der Waals surface area (Å²) in [5, 5.41) is 8.56. The molecule has 0 bridgehead atoms. The van der Waals surface area contributed by atoms with Crippen molar-refractivity contribution < 1.29 is 17.6 Å². The molecule has 3 heterocycles. The number of benzene rings is 1. The van der Waals surface area contributed by atoms with Crippen molar-refractivity contribution in [3.8, 4) is 11.1 Å². The lowest BCUT2D eigenvalue weighted by Crippen LogP contribution is -2.55. The van der Waals surface area contributed by atoms with Crippen molar-refractivity contribution >= 4 is 44.7 Å². The van der Waals surface area contributed by atoms with E-state index in [1.165, 1.54) is 30.5 Å². The second kappa shape index (κ2) is 8.32. The number of carbonyl (C=O) groups is 1. The highest BCUT2D eigenvalue weighted by molar-refractivity contribution is 7.87. The molecule has 1 aromatic carbocycles. The van der Waals surface area contributed by atoms with Crippen LogP contribution in [0.4, 0.5) is 10.1 Å². The average molecular weight is 484 g/mol. The molecule has 1 aliphatic heterocycles. The van der Waals surface area contributed by atoms with Crippen LogP contribution in [0.5, 0.6) is 0 Å². The standard InChI is InChI=1S/C19H19ClFN5O3S2/c1-25-9-12(8-22-25)11-5-18(30-10-11)16-7-17(26(2)31(28,29)24-16)19(27)23-13-3-4-15(21)14(20)6-13/h3-6,8-10,16-17,24H,7H2,1-2H3,(H,23,27)/t16-,17+/m0/s1. The molecule has 1 amide bonds. The zero-order chi connectivity index (χ0) is 22.3. The van der Waals surface area contributed by atoms with E-state index in [1.54, 1.807) is 10.9 Å². The molecule has 2 N–H and O–H groups in total. The van der Waals surface area contributed by atoms with Crippen LogP contribution in [0.2, 0.25) is 5.02 Å². The monoisotopic (exact) mass is 483 g/mol. The Morgan fingerprint density at radius 1 is 1.32 bits per heavy atom. The van der Waals surface area contributed by atoms with E-state index < -0.39 is 34.0 Å². The van der Waals surface area contributed by atoms with E-state index in [1.807, 2.05) is 24.7 Å². The topological polar surface area (TPSA) is 96.3 Å². The molecule has 0 aliphatic carbocycles. The molecular formula is C19H19ClFN5O3S2. The Morgan fingerprint density at radius 3 is 2.77 bits per heavy atom. The Labute approximate surface area is 187 Å². The first-order valence-corrected chi connectivity index (χ1v) is 11.9. The predicted molar refractivity (Wildman–Crippen MR) is 118 cm³/mol. The molecule has 12 heteroatoms. The van der Waals surface area contributed by atoms with Crippen molar-refractivity contribution in [2.45, 2.75) is 18.5 Å². The first-order chi connectivity index (χ1) is 14.6. The van der Waals surface area contributed by atoms with Crippen molar-refractivity contribution in [1.29, 1.82) is 0 Å². The third-order valence-electron chi connectivity index (χ3n) is 5.06. The number of rotatable bonds is 4. The van der Waals surface area contributed by atoms with Gasteiger partial charge in [0, 0.05) is 36.4 Å². The van der Waals surface area contributed by atoms with Crippen LogP contribution in [0, 0.1) is 5.82 Å². The van der Waals surface area contributed by atoms with Gasteiger partial charge in [0.05, 0.1) is 17.3 Å². The molecule has 0 unspecified atom stereocenters. The van der Waals surface area contributed by atoms with Gasteiger partial charge >= 0.3 is 0 Å². The summed E-state index contributed by atoms with van der Waals surface area (Å²) in [6, 6.07) is 4.16. The first-order valence-electron chi connectivity index (χ1n) is 9.22. The molecule has 2 aromatic heterocycles. The minimum absolute atomic E-state index is 0.136. The molecule has 1 saturated heterocycles. The third kappa shape index (κ3) is 4.51. The van der Waals surface area contributed by atoms with Gasteiger partial charge in [-0.15, -0.1) is 11.3 Å². The average Bonchev–Trinajstić information content (AvgIpc) is 3.35. The van der Waals surface area contributed by atoms with Gasteiger partial charge in [-0.05, 0) is 41.6 Å². The Morgan fingerprint density at radius 2 is 2.10 bits per heavy atom. The smallest absolute Gasteiger partial charge is 0.280 e. The maximum atomic E-state index is 13.4. The summed E-state index contributed by atoms with van der Waals surface area (Å²) >= 11 is 7.18. The molecule has 0 saturated carbocycles. The van der Waals surface area contributed by atoms with Gasteiger partial charge in [0.1, 0.15) is 11.9 Å². The number of hydrogen-bond acceptors (Lipinski definition) is 5. The Kier molecular flexibility index (Phi) is 5.88. The van der Waals surface area contributed by atoms with E-state index in [4.69, 9.17) is 11.6 Å². The summed E-state index contributed by atoms with van der Waals surface area (Å²) in [6.45, 7) is 0. The van der Waals surface area contributed by atoms with Crippen LogP contribution < -0.4 is 10.0 Å². The van der Waals surface area contributed by atoms with Crippen molar-refractivity contribution in [3.63, 3.8) is 0 Å². The fourth-order valence-corrected chi connectivity index (χ4v) is 5.86. The number of thiophene rings is 1. The summed E-state index contributed by atoms with van der Waals surface area (Å²) in [6.07, 6.45) is 3.83. The van der Waals surface area contributed by atoms with Crippen molar-refractivity contribution in [1.82, 2.24) is 18.8 Å². The van der Waals surface area contributed by atoms with Gasteiger partial charge in [-0.2, -0.15) is 22.5 Å². The summed E-state index contributed by atoms with van der Waals surface area (Å²) in [4.78, 5) is 13.7. The van der Waals surface area contributed by atoms with E-state index in [0.717, 1.165) is 26.4 Å². The molecule has 4 rings (SSSR count). The molecule has 1 aliphatic rings. The van der Waals surface area contributed by atoms with Gasteiger partial charge in [0.15, 0.2) is 0 Å². The molecule has 31 heavy (non-hydrogen) atoms.